The summed E-state index contributed by atoms with van der Waals surface area (Å²) in [6, 6.07) is -0.213. The SMILES string of the molecule is CCN1C(=O)C2(CCCCC2)NC(=O)C1C1CCCCC1. The van der Waals surface area contributed by atoms with E-state index in [0.717, 1.165) is 38.5 Å². The quantitative estimate of drug-likeness (QED) is 0.850. The smallest absolute Gasteiger partial charge is 0.249 e. The molecule has 2 saturated carbocycles. The molecule has 1 aliphatic heterocycles. The minimum Gasteiger partial charge on any atom is -0.340 e. The summed E-state index contributed by atoms with van der Waals surface area (Å²) >= 11 is 0. The largest absolute Gasteiger partial charge is 0.340 e. The molecule has 1 spiro atoms. The van der Waals surface area contributed by atoms with Crippen LogP contribution in [0.3, 0.4) is 0 Å². The summed E-state index contributed by atoms with van der Waals surface area (Å²) in [5, 5.41) is 3.16. The Morgan fingerprint density at radius 1 is 1.05 bits per heavy atom. The van der Waals surface area contributed by atoms with Gasteiger partial charge in [-0.2, -0.15) is 0 Å². The van der Waals surface area contributed by atoms with Crippen LogP contribution >= 0.6 is 0 Å². The van der Waals surface area contributed by atoms with Crippen LogP contribution in [0.2, 0.25) is 0 Å². The first-order valence-electron chi connectivity index (χ1n) is 8.81. The van der Waals surface area contributed by atoms with Gasteiger partial charge in [0.05, 0.1) is 0 Å². The van der Waals surface area contributed by atoms with Crippen LogP contribution in [0.1, 0.15) is 71.1 Å². The molecule has 0 bridgehead atoms. The minimum atomic E-state index is -0.573. The lowest BCUT2D eigenvalue weighted by Gasteiger charge is -2.49. The number of piperazine rings is 1. The first-order chi connectivity index (χ1) is 10.2. The zero-order valence-electron chi connectivity index (χ0n) is 13.2. The third-order valence-electron chi connectivity index (χ3n) is 5.78. The van der Waals surface area contributed by atoms with Crippen molar-refractivity contribution in [1.29, 1.82) is 0 Å². The molecule has 0 radical (unpaired) electrons. The number of hydrogen-bond donors (Lipinski definition) is 1. The van der Waals surface area contributed by atoms with Crippen molar-refractivity contribution in [3.63, 3.8) is 0 Å². The summed E-state index contributed by atoms with van der Waals surface area (Å²) in [5.74, 6) is 0.675. The summed E-state index contributed by atoms with van der Waals surface area (Å²) in [7, 11) is 0. The molecule has 4 nitrogen and oxygen atoms in total. The Balaban J connectivity index is 1.83. The van der Waals surface area contributed by atoms with Gasteiger partial charge in [-0.1, -0.05) is 38.5 Å². The van der Waals surface area contributed by atoms with Crippen molar-refractivity contribution in [3.05, 3.63) is 0 Å². The molecule has 1 N–H and O–H groups in total. The van der Waals surface area contributed by atoms with Gasteiger partial charge in [0.1, 0.15) is 11.6 Å². The van der Waals surface area contributed by atoms with Crippen molar-refractivity contribution in [2.75, 3.05) is 6.54 Å². The Hall–Kier alpha value is -1.06. The fraction of sp³-hybridized carbons (Fsp3) is 0.882. The van der Waals surface area contributed by atoms with Gasteiger partial charge < -0.3 is 10.2 Å². The van der Waals surface area contributed by atoms with Crippen LogP contribution < -0.4 is 5.32 Å². The topological polar surface area (TPSA) is 49.4 Å². The van der Waals surface area contributed by atoms with Crippen LogP contribution in [0.4, 0.5) is 0 Å². The maximum absolute atomic E-state index is 13.0. The third kappa shape index (κ3) is 2.58. The lowest BCUT2D eigenvalue weighted by atomic mass is 9.75. The maximum Gasteiger partial charge on any atom is 0.249 e. The standard InChI is InChI=1S/C17H28N2O2/c1-2-19-14(13-9-5-3-6-10-13)15(20)18-17(16(19)21)11-7-4-8-12-17/h13-14H,2-12H2,1H3,(H,18,20). The molecule has 3 fully saturated rings. The van der Waals surface area contributed by atoms with Gasteiger partial charge in [0.15, 0.2) is 0 Å². The van der Waals surface area contributed by atoms with Crippen LogP contribution in [0, 0.1) is 5.92 Å². The van der Waals surface area contributed by atoms with E-state index in [9.17, 15) is 9.59 Å². The van der Waals surface area contributed by atoms with E-state index in [1.54, 1.807) is 0 Å². The summed E-state index contributed by atoms with van der Waals surface area (Å²) < 4.78 is 0. The van der Waals surface area contributed by atoms with E-state index >= 15 is 0 Å². The Kier molecular flexibility index (Phi) is 4.23. The number of rotatable bonds is 2. The van der Waals surface area contributed by atoms with Gasteiger partial charge in [-0.05, 0) is 38.5 Å². The molecular formula is C17H28N2O2. The van der Waals surface area contributed by atoms with Gasteiger partial charge in [-0.3, -0.25) is 9.59 Å². The molecule has 1 saturated heterocycles. The van der Waals surface area contributed by atoms with Crippen molar-refractivity contribution in [3.8, 4) is 0 Å². The molecule has 0 aromatic rings. The predicted molar refractivity (Wildman–Crippen MR) is 81.7 cm³/mol. The first kappa shape index (κ1) is 14.9. The minimum absolute atomic E-state index is 0.116. The molecule has 1 atom stereocenters. The molecule has 0 aromatic carbocycles. The Labute approximate surface area is 127 Å². The number of amides is 2. The van der Waals surface area contributed by atoms with Crippen LogP contribution in [-0.2, 0) is 9.59 Å². The zero-order chi connectivity index (χ0) is 14.9. The molecule has 3 aliphatic rings. The van der Waals surface area contributed by atoms with E-state index in [2.05, 4.69) is 5.32 Å². The highest BCUT2D eigenvalue weighted by Gasteiger charge is 2.52. The molecule has 1 unspecified atom stereocenters. The van der Waals surface area contributed by atoms with Crippen molar-refractivity contribution < 1.29 is 9.59 Å². The molecule has 2 aliphatic carbocycles. The predicted octanol–water partition coefficient (Wildman–Crippen LogP) is 2.62. The zero-order valence-corrected chi connectivity index (χ0v) is 13.2. The Morgan fingerprint density at radius 3 is 2.29 bits per heavy atom. The van der Waals surface area contributed by atoms with E-state index in [4.69, 9.17) is 0 Å². The van der Waals surface area contributed by atoms with Crippen molar-refractivity contribution in [2.24, 2.45) is 5.92 Å². The van der Waals surface area contributed by atoms with Crippen molar-refractivity contribution >= 4 is 11.8 Å². The second kappa shape index (κ2) is 5.98. The second-order valence-corrected chi connectivity index (χ2v) is 7.07. The molecule has 118 valence electrons. The Morgan fingerprint density at radius 2 is 1.67 bits per heavy atom. The summed E-state index contributed by atoms with van der Waals surface area (Å²) in [6.45, 7) is 2.68. The average Bonchev–Trinajstić information content (AvgIpc) is 2.52. The summed E-state index contributed by atoms with van der Waals surface area (Å²) in [6.07, 6.45) is 10.8. The van der Waals surface area contributed by atoms with Crippen LogP contribution in [0.5, 0.6) is 0 Å². The van der Waals surface area contributed by atoms with Crippen molar-refractivity contribution in [2.45, 2.75) is 82.7 Å². The lowest BCUT2D eigenvalue weighted by Crippen LogP contribution is -2.72. The molecular weight excluding hydrogens is 264 g/mol. The highest BCUT2D eigenvalue weighted by molar-refractivity contribution is 6.00. The number of carbonyl (C=O) groups is 2. The number of likely N-dealkylation sites (N-methyl/N-ethyl adjacent to an activating group) is 1. The molecule has 4 heteroatoms. The number of hydrogen-bond acceptors (Lipinski definition) is 2. The summed E-state index contributed by atoms with van der Waals surface area (Å²) in [4.78, 5) is 27.7. The molecule has 0 aromatic heterocycles. The van der Waals surface area contributed by atoms with Crippen LogP contribution in [-0.4, -0.2) is 34.8 Å². The van der Waals surface area contributed by atoms with Gasteiger partial charge in [-0.25, -0.2) is 0 Å². The van der Waals surface area contributed by atoms with E-state index in [1.165, 1.54) is 25.7 Å². The fourth-order valence-electron chi connectivity index (χ4n) is 4.66. The monoisotopic (exact) mass is 292 g/mol. The second-order valence-electron chi connectivity index (χ2n) is 7.07. The van der Waals surface area contributed by atoms with Gasteiger partial charge >= 0.3 is 0 Å². The average molecular weight is 292 g/mol. The van der Waals surface area contributed by atoms with Gasteiger partial charge in [0.25, 0.3) is 0 Å². The summed E-state index contributed by atoms with van der Waals surface area (Å²) in [5.41, 5.74) is -0.573. The van der Waals surface area contributed by atoms with E-state index < -0.39 is 5.54 Å². The molecule has 1 heterocycles. The first-order valence-corrected chi connectivity index (χ1v) is 8.81. The fourth-order valence-corrected chi connectivity index (χ4v) is 4.66. The normalized spacial score (nSPS) is 30.5. The number of nitrogens with zero attached hydrogens (tertiary/aromatic N) is 1. The molecule has 2 amide bonds. The number of nitrogens with one attached hydrogen (secondary N) is 1. The van der Waals surface area contributed by atoms with E-state index in [1.807, 2.05) is 11.8 Å². The van der Waals surface area contributed by atoms with E-state index in [-0.39, 0.29) is 17.9 Å². The lowest BCUT2D eigenvalue weighted by molar-refractivity contribution is -0.159. The maximum atomic E-state index is 13.0. The van der Waals surface area contributed by atoms with Crippen LogP contribution in [0.15, 0.2) is 0 Å². The highest BCUT2D eigenvalue weighted by atomic mass is 16.2. The Bertz CT molecular complexity index is 409. The molecule has 21 heavy (non-hydrogen) atoms. The third-order valence-corrected chi connectivity index (χ3v) is 5.78. The van der Waals surface area contributed by atoms with Gasteiger partial charge in [-0.15, -0.1) is 0 Å². The van der Waals surface area contributed by atoms with Gasteiger partial charge in [0, 0.05) is 6.54 Å². The van der Waals surface area contributed by atoms with Crippen LogP contribution in [0.25, 0.3) is 0 Å². The van der Waals surface area contributed by atoms with Crippen molar-refractivity contribution in [1.82, 2.24) is 10.2 Å². The van der Waals surface area contributed by atoms with E-state index in [0.29, 0.717) is 12.5 Å². The highest BCUT2D eigenvalue weighted by Crippen LogP contribution is 2.37. The number of carbonyl (C=O) groups excluding carboxylic acids is 2. The van der Waals surface area contributed by atoms with Gasteiger partial charge in [0.2, 0.25) is 11.8 Å². The molecule has 3 rings (SSSR count).